The molecule has 0 unspecified atom stereocenters. The molecule has 5 aromatic rings. The van der Waals surface area contributed by atoms with Gasteiger partial charge in [-0.25, -0.2) is 19.9 Å². The second-order valence-corrected chi connectivity index (χ2v) is 10.7. The molecule has 3 N–H and O–H groups in total. The fourth-order valence-corrected chi connectivity index (χ4v) is 6.69. The van der Waals surface area contributed by atoms with Gasteiger partial charge < -0.3 is 15.6 Å². The first-order valence-corrected chi connectivity index (χ1v) is 13.0. The third-order valence-electron chi connectivity index (χ3n) is 8.48. The number of carbonyl (C=O) groups excluding carboxylic acids is 2. The third kappa shape index (κ3) is 3.48. The minimum absolute atomic E-state index is 0.173. The number of carbonyl (C=O) groups is 2. The molecule has 0 saturated heterocycles. The molecule has 40 heavy (non-hydrogen) atoms. The summed E-state index contributed by atoms with van der Waals surface area (Å²) in [6.07, 6.45) is 16.6. The zero-order valence-electron chi connectivity index (χ0n) is 21.5. The topological polar surface area (TPSA) is 142 Å². The SMILES string of the molecule is C#Cc1c(-c2cnc3ccccc3c2)c2c(N)ncnc2n1C12CCC(NC(=O)c3cnc(C=O)cn3)(CC1)C2. The lowest BCUT2D eigenvalue weighted by Gasteiger charge is -2.30. The van der Waals surface area contributed by atoms with Gasteiger partial charge >= 0.3 is 0 Å². The standard InChI is InChI=1S/C30H24N8O2/c1-2-23-24(19-11-18-5-3-4-6-21(18)33-12-19)25-26(31)35-17-36-27(25)38(23)30-9-7-29(16-30,8-10-30)37-28(40)22-14-32-20(15-39)13-34-22/h1,3-6,11-15,17H,7-10,16H2,(H,37,40)(H2,31,35,36). The lowest BCUT2D eigenvalue weighted by atomic mass is 9.90. The molecule has 2 saturated carbocycles. The highest BCUT2D eigenvalue weighted by Crippen LogP contribution is 2.57. The largest absolute Gasteiger partial charge is 0.383 e. The Morgan fingerprint density at radius 3 is 2.62 bits per heavy atom. The van der Waals surface area contributed by atoms with E-state index in [1.807, 2.05) is 30.5 Å². The number of amides is 1. The maximum Gasteiger partial charge on any atom is 0.271 e. The number of hydrogen-bond acceptors (Lipinski definition) is 8. The maximum atomic E-state index is 13.1. The molecule has 4 aromatic heterocycles. The van der Waals surface area contributed by atoms with Crippen molar-refractivity contribution in [1.29, 1.82) is 0 Å². The molecule has 2 fully saturated rings. The number of nitrogens with zero attached hydrogens (tertiary/aromatic N) is 6. The van der Waals surface area contributed by atoms with Crippen LogP contribution in [0.25, 0.3) is 33.1 Å². The Kier molecular flexibility index (Phi) is 5.19. The summed E-state index contributed by atoms with van der Waals surface area (Å²) in [5, 5.41) is 4.93. The predicted molar refractivity (Wildman–Crippen MR) is 149 cm³/mol. The molecule has 196 valence electrons. The van der Waals surface area contributed by atoms with Gasteiger partial charge in [-0.3, -0.25) is 14.6 Å². The quantitative estimate of drug-likeness (QED) is 0.260. The monoisotopic (exact) mass is 528 g/mol. The zero-order chi connectivity index (χ0) is 27.5. The predicted octanol–water partition coefficient (Wildman–Crippen LogP) is 3.65. The summed E-state index contributed by atoms with van der Waals surface area (Å²) in [7, 11) is 0. The molecule has 1 amide bonds. The van der Waals surface area contributed by atoms with Crippen LogP contribution in [-0.4, -0.2) is 47.2 Å². The van der Waals surface area contributed by atoms with E-state index in [1.165, 1.54) is 18.7 Å². The van der Waals surface area contributed by atoms with Crippen molar-refractivity contribution in [2.45, 2.75) is 43.2 Å². The van der Waals surface area contributed by atoms with Crippen molar-refractivity contribution in [1.82, 2.24) is 34.8 Å². The average Bonchev–Trinajstić information content (AvgIpc) is 3.65. The minimum atomic E-state index is -0.423. The average molecular weight is 529 g/mol. The van der Waals surface area contributed by atoms with Gasteiger partial charge in [0.1, 0.15) is 34.9 Å². The Bertz CT molecular complexity index is 1880. The van der Waals surface area contributed by atoms with Crippen LogP contribution in [0.3, 0.4) is 0 Å². The van der Waals surface area contributed by atoms with Gasteiger partial charge in [-0.1, -0.05) is 24.1 Å². The molecule has 0 aliphatic heterocycles. The molecule has 1 aromatic carbocycles. The Morgan fingerprint density at radius 1 is 1.05 bits per heavy atom. The number of para-hydroxylation sites is 1. The van der Waals surface area contributed by atoms with E-state index in [0.29, 0.717) is 35.3 Å². The number of nitrogen functional groups attached to an aromatic ring is 1. The van der Waals surface area contributed by atoms with E-state index < -0.39 is 5.54 Å². The van der Waals surface area contributed by atoms with Crippen molar-refractivity contribution < 1.29 is 9.59 Å². The Labute approximate surface area is 229 Å². The van der Waals surface area contributed by atoms with Crippen LogP contribution < -0.4 is 11.1 Å². The second-order valence-electron chi connectivity index (χ2n) is 10.7. The Morgan fingerprint density at radius 2 is 1.88 bits per heavy atom. The van der Waals surface area contributed by atoms with Crippen LogP contribution in [0.15, 0.2) is 55.2 Å². The van der Waals surface area contributed by atoms with E-state index in [0.717, 1.165) is 47.7 Å². The van der Waals surface area contributed by atoms with Gasteiger partial charge in [-0.05, 0) is 44.2 Å². The maximum absolute atomic E-state index is 13.1. The molecule has 7 rings (SSSR count). The molecule has 10 heteroatoms. The van der Waals surface area contributed by atoms with Gasteiger partial charge in [-0.15, -0.1) is 6.42 Å². The lowest BCUT2D eigenvalue weighted by molar-refractivity contribution is 0.0894. The van der Waals surface area contributed by atoms with Crippen molar-refractivity contribution in [3.8, 4) is 23.5 Å². The van der Waals surface area contributed by atoms with Crippen LogP contribution in [0.5, 0.6) is 0 Å². The van der Waals surface area contributed by atoms with Gasteiger partial charge in [0.15, 0.2) is 6.29 Å². The number of nitrogens with one attached hydrogen (secondary N) is 1. The van der Waals surface area contributed by atoms with E-state index in [4.69, 9.17) is 12.2 Å². The van der Waals surface area contributed by atoms with Crippen LogP contribution in [0.2, 0.25) is 0 Å². The normalized spacial score (nSPS) is 21.5. The van der Waals surface area contributed by atoms with Crippen molar-refractivity contribution in [2.75, 3.05) is 5.73 Å². The fourth-order valence-electron chi connectivity index (χ4n) is 6.69. The van der Waals surface area contributed by atoms with Crippen LogP contribution >= 0.6 is 0 Å². The van der Waals surface area contributed by atoms with Crippen molar-refractivity contribution >= 4 is 39.9 Å². The molecule has 2 aliphatic rings. The summed E-state index contributed by atoms with van der Waals surface area (Å²) < 4.78 is 2.16. The van der Waals surface area contributed by atoms with E-state index >= 15 is 0 Å². The highest BCUT2D eigenvalue weighted by atomic mass is 16.2. The smallest absolute Gasteiger partial charge is 0.271 e. The summed E-state index contributed by atoms with van der Waals surface area (Å²) in [5.74, 6) is 2.99. The zero-order valence-corrected chi connectivity index (χ0v) is 21.5. The molecule has 0 spiro atoms. The molecule has 2 bridgehead atoms. The second kappa shape index (κ2) is 8.68. The van der Waals surface area contributed by atoms with Gasteiger partial charge in [-0.2, -0.15) is 0 Å². The van der Waals surface area contributed by atoms with E-state index in [2.05, 4.69) is 46.8 Å². The van der Waals surface area contributed by atoms with E-state index in [-0.39, 0.29) is 22.8 Å². The van der Waals surface area contributed by atoms with E-state index in [9.17, 15) is 9.59 Å². The summed E-state index contributed by atoms with van der Waals surface area (Å²) >= 11 is 0. The molecular formula is C30H24N8O2. The van der Waals surface area contributed by atoms with Crippen LogP contribution in [0, 0.1) is 12.3 Å². The van der Waals surface area contributed by atoms with Gasteiger partial charge in [0.2, 0.25) is 0 Å². The summed E-state index contributed by atoms with van der Waals surface area (Å²) in [6, 6.07) is 9.98. The Balaban J connectivity index is 1.32. The summed E-state index contributed by atoms with van der Waals surface area (Å²) in [6.45, 7) is 0. The molecule has 4 heterocycles. The molecule has 0 radical (unpaired) electrons. The lowest BCUT2D eigenvalue weighted by Crippen LogP contribution is -2.45. The van der Waals surface area contributed by atoms with Crippen molar-refractivity contribution in [2.24, 2.45) is 0 Å². The molecular weight excluding hydrogens is 504 g/mol. The molecule has 0 atom stereocenters. The number of benzene rings is 1. The highest BCUT2D eigenvalue weighted by molar-refractivity contribution is 6.04. The number of aromatic nitrogens is 6. The summed E-state index contributed by atoms with van der Waals surface area (Å²) in [4.78, 5) is 45.8. The first-order valence-electron chi connectivity index (χ1n) is 13.0. The molecule has 10 nitrogen and oxygen atoms in total. The van der Waals surface area contributed by atoms with Gasteiger partial charge in [0, 0.05) is 33.8 Å². The highest BCUT2D eigenvalue weighted by Gasteiger charge is 2.57. The van der Waals surface area contributed by atoms with Crippen molar-refractivity contribution in [3.05, 3.63) is 72.3 Å². The number of terminal acetylenes is 1. The Hall–Kier alpha value is -5.17. The van der Waals surface area contributed by atoms with Crippen molar-refractivity contribution in [3.63, 3.8) is 0 Å². The number of rotatable bonds is 5. The van der Waals surface area contributed by atoms with Crippen LogP contribution in [0.4, 0.5) is 5.82 Å². The number of anilines is 1. The summed E-state index contributed by atoms with van der Waals surface area (Å²) in [5.41, 5.74) is 9.93. The minimum Gasteiger partial charge on any atom is -0.383 e. The van der Waals surface area contributed by atoms with Crippen LogP contribution in [-0.2, 0) is 5.54 Å². The third-order valence-corrected chi connectivity index (χ3v) is 8.48. The first kappa shape index (κ1) is 23.9. The number of pyridine rings is 1. The van der Waals surface area contributed by atoms with Crippen LogP contribution in [0.1, 0.15) is 58.8 Å². The van der Waals surface area contributed by atoms with E-state index in [1.54, 1.807) is 0 Å². The molecule has 2 aliphatic carbocycles. The van der Waals surface area contributed by atoms with Gasteiger partial charge in [0.25, 0.3) is 5.91 Å². The fraction of sp³-hybridized carbons (Fsp3) is 0.233. The van der Waals surface area contributed by atoms with Gasteiger partial charge in [0.05, 0.1) is 23.3 Å². The number of hydrogen-bond donors (Lipinski definition) is 2. The number of fused-ring (bicyclic) bond motifs is 4. The first-order chi connectivity index (χ1) is 19.5. The number of aldehydes is 1. The number of nitrogens with two attached hydrogens (primary N) is 1.